The first kappa shape index (κ1) is 18.3. The summed E-state index contributed by atoms with van der Waals surface area (Å²) in [6.45, 7) is 0. The van der Waals surface area contributed by atoms with E-state index in [4.69, 9.17) is 0 Å². The van der Waals surface area contributed by atoms with E-state index in [1.807, 2.05) is 0 Å². The maximum absolute atomic E-state index is 13.0. The average molecular weight is 375 g/mol. The number of carbonyl (C=O) groups is 2. The van der Waals surface area contributed by atoms with Gasteiger partial charge in [0.25, 0.3) is 0 Å². The zero-order valence-electron chi connectivity index (χ0n) is 13.9. The SMILES string of the molecule is COC(=O)c1nnn(-c2cccc(C(F)(F)F)c2)c1C(=O)c1ccccc1. The number of rotatable bonds is 4. The van der Waals surface area contributed by atoms with Crippen LogP contribution in [0, 0.1) is 0 Å². The van der Waals surface area contributed by atoms with Gasteiger partial charge in [0.1, 0.15) is 5.69 Å². The fourth-order valence-electron chi connectivity index (χ4n) is 2.44. The number of hydrogen-bond acceptors (Lipinski definition) is 5. The number of benzene rings is 2. The second-order valence-corrected chi connectivity index (χ2v) is 5.43. The molecule has 0 fully saturated rings. The monoisotopic (exact) mass is 375 g/mol. The quantitative estimate of drug-likeness (QED) is 0.517. The maximum Gasteiger partial charge on any atom is 0.416 e. The Kier molecular flexibility index (Phi) is 4.76. The van der Waals surface area contributed by atoms with Gasteiger partial charge < -0.3 is 4.74 Å². The van der Waals surface area contributed by atoms with Crippen molar-refractivity contribution in [1.29, 1.82) is 0 Å². The van der Waals surface area contributed by atoms with Crippen molar-refractivity contribution in [3.05, 3.63) is 77.1 Å². The van der Waals surface area contributed by atoms with Gasteiger partial charge >= 0.3 is 12.1 Å². The Morgan fingerprint density at radius 1 is 1.04 bits per heavy atom. The van der Waals surface area contributed by atoms with Gasteiger partial charge in [-0.15, -0.1) is 5.10 Å². The minimum Gasteiger partial charge on any atom is -0.464 e. The molecule has 3 aromatic rings. The number of alkyl halides is 3. The van der Waals surface area contributed by atoms with Crippen LogP contribution in [0.15, 0.2) is 54.6 Å². The highest BCUT2D eigenvalue weighted by molar-refractivity contribution is 6.13. The van der Waals surface area contributed by atoms with Crippen molar-refractivity contribution in [3.63, 3.8) is 0 Å². The van der Waals surface area contributed by atoms with E-state index in [9.17, 15) is 22.8 Å². The van der Waals surface area contributed by atoms with Gasteiger partial charge in [-0.2, -0.15) is 13.2 Å². The molecule has 0 saturated carbocycles. The zero-order chi connectivity index (χ0) is 19.6. The van der Waals surface area contributed by atoms with E-state index in [-0.39, 0.29) is 22.6 Å². The lowest BCUT2D eigenvalue weighted by atomic mass is 10.1. The van der Waals surface area contributed by atoms with Gasteiger partial charge in [-0.25, -0.2) is 9.48 Å². The summed E-state index contributed by atoms with van der Waals surface area (Å²) < 4.78 is 44.5. The molecule has 9 heteroatoms. The van der Waals surface area contributed by atoms with E-state index in [2.05, 4.69) is 15.0 Å². The Labute approximate surface area is 151 Å². The second-order valence-electron chi connectivity index (χ2n) is 5.43. The van der Waals surface area contributed by atoms with Crippen LogP contribution < -0.4 is 0 Å². The number of aromatic nitrogens is 3. The molecule has 0 amide bonds. The fourth-order valence-corrected chi connectivity index (χ4v) is 2.44. The van der Waals surface area contributed by atoms with Crippen LogP contribution in [0.25, 0.3) is 5.69 Å². The van der Waals surface area contributed by atoms with Crippen molar-refractivity contribution < 1.29 is 27.5 Å². The van der Waals surface area contributed by atoms with Crippen molar-refractivity contribution in [1.82, 2.24) is 15.0 Å². The molecule has 6 nitrogen and oxygen atoms in total. The summed E-state index contributed by atoms with van der Waals surface area (Å²) in [4.78, 5) is 24.9. The van der Waals surface area contributed by atoms with Gasteiger partial charge in [0.2, 0.25) is 11.5 Å². The molecular formula is C18H12F3N3O3. The Morgan fingerprint density at radius 3 is 2.37 bits per heavy atom. The summed E-state index contributed by atoms with van der Waals surface area (Å²) in [6, 6.07) is 12.1. The lowest BCUT2D eigenvalue weighted by Gasteiger charge is -2.10. The molecule has 2 aromatic carbocycles. The summed E-state index contributed by atoms with van der Waals surface area (Å²) in [7, 11) is 1.10. The average Bonchev–Trinajstić information content (AvgIpc) is 3.12. The predicted molar refractivity (Wildman–Crippen MR) is 87.6 cm³/mol. The van der Waals surface area contributed by atoms with Gasteiger partial charge in [-0.3, -0.25) is 4.79 Å². The van der Waals surface area contributed by atoms with Crippen LogP contribution >= 0.6 is 0 Å². The smallest absolute Gasteiger partial charge is 0.416 e. The molecule has 0 unspecified atom stereocenters. The van der Waals surface area contributed by atoms with Crippen molar-refractivity contribution in [2.24, 2.45) is 0 Å². The minimum absolute atomic E-state index is 0.0632. The number of ether oxygens (including phenoxy) is 1. The predicted octanol–water partition coefficient (Wildman–Crippen LogP) is 3.30. The molecule has 27 heavy (non-hydrogen) atoms. The third-order valence-electron chi connectivity index (χ3n) is 3.72. The van der Waals surface area contributed by atoms with Gasteiger partial charge in [0.05, 0.1) is 18.4 Å². The fraction of sp³-hybridized carbons (Fsp3) is 0.111. The molecule has 0 N–H and O–H groups in total. The minimum atomic E-state index is -4.58. The number of esters is 1. The molecule has 0 atom stereocenters. The van der Waals surface area contributed by atoms with Crippen LogP contribution in [-0.4, -0.2) is 33.9 Å². The number of carbonyl (C=O) groups excluding carboxylic acids is 2. The first-order valence-corrected chi connectivity index (χ1v) is 7.64. The van der Waals surface area contributed by atoms with Gasteiger partial charge in [-0.05, 0) is 18.2 Å². The molecule has 0 bridgehead atoms. The first-order chi connectivity index (χ1) is 12.8. The van der Waals surface area contributed by atoms with E-state index < -0.39 is 23.5 Å². The standard InChI is InChI=1S/C18H12F3N3O3/c1-27-17(26)14-15(16(25)11-6-3-2-4-7-11)24(23-22-14)13-9-5-8-12(10-13)18(19,20)21/h2-10H,1H3. The van der Waals surface area contributed by atoms with Gasteiger partial charge in [0.15, 0.2) is 0 Å². The molecule has 0 radical (unpaired) electrons. The normalized spacial score (nSPS) is 11.3. The van der Waals surface area contributed by atoms with E-state index in [0.717, 1.165) is 23.9 Å². The summed E-state index contributed by atoms with van der Waals surface area (Å²) >= 11 is 0. The number of hydrogen-bond donors (Lipinski definition) is 0. The van der Waals surface area contributed by atoms with Crippen LogP contribution in [0.2, 0.25) is 0 Å². The largest absolute Gasteiger partial charge is 0.464 e. The summed E-state index contributed by atoms with van der Waals surface area (Å²) in [5, 5.41) is 7.34. The van der Waals surface area contributed by atoms with E-state index in [1.165, 1.54) is 24.3 Å². The third-order valence-corrected chi connectivity index (χ3v) is 3.72. The Bertz CT molecular complexity index is 998. The Morgan fingerprint density at radius 2 is 1.74 bits per heavy atom. The molecular weight excluding hydrogens is 363 g/mol. The van der Waals surface area contributed by atoms with Crippen LogP contribution in [-0.2, 0) is 10.9 Å². The second kappa shape index (κ2) is 7.02. The van der Waals surface area contributed by atoms with Crippen LogP contribution in [0.5, 0.6) is 0 Å². The number of halogens is 3. The molecule has 0 aliphatic heterocycles. The lowest BCUT2D eigenvalue weighted by Crippen LogP contribution is -2.16. The first-order valence-electron chi connectivity index (χ1n) is 7.64. The van der Waals surface area contributed by atoms with E-state index >= 15 is 0 Å². The van der Waals surface area contributed by atoms with Crippen molar-refractivity contribution in [2.75, 3.05) is 7.11 Å². The van der Waals surface area contributed by atoms with Crippen LogP contribution in [0.1, 0.15) is 32.1 Å². The number of ketones is 1. The zero-order valence-corrected chi connectivity index (χ0v) is 13.9. The van der Waals surface area contributed by atoms with Crippen molar-refractivity contribution >= 4 is 11.8 Å². The molecule has 1 heterocycles. The van der Waals surface area contributed by atoms with Gasteiger partial charge in [-0.1, -0.05) is 41.6 Å². The highest BCUT2D eigenvalue weighted by Crippen LogP contribution is 2.30. The summed E-state index contributed by atoms with van der Waals surface area (Å²) in [6.07, 6.45) is -4.58. The summed E-state index contributed by atoms with van der Waals surface area (Å²) in [5.74, 6) is -1.55. The highest BCUT2D eigenvalue weighted by atomic mass is 19.4. The van der Waals surface area contributed by atoms with Gasteiger partial charge in [0, 0.05) is 5.56 Å². The number of methoxy groups -OCH3 is 1. The maximum atomic E-state index is 13.0. The topological polar surface area (TPSA) is 74.1 Å². The lowest BCUT2D eigenvalue weighted by molar-refractivity contribution is -0.137. The van der Waals surface area contributed by atoms with E-state index in [0.29, 0.717) is 0 Å². The molecule has 138 valence electrons. The van der Waals surface area contributed by atoms with E-state index in [1.54, 1.807) is 18.2 Å². The Balaban J connectivity index is 2.19. The third kappa shape index (κ3) is 3.57. The molecule has 0 spiro atoms. The van der Waals surface area contributed by atoms with Crippen LogP contribution in [0.3, 0.4) is 0 Å². The van der Waals surface area contributed by atoms with Crippen molar-refractivity contribution in [2.45, 2.75) is 6.18 Å². The molecule has 1 aromatic heterocycles. The van der Waals surface area contributed by atoms with Crippen LogP contribution in [0.4, 0.5) is 13.2 Å². The summed E-state index contributed by atoms with van der Waals surface area (Å²) in [5.41, 5.74) is -1.44. The molecule has 0 aliphatic rings. The molecule has 3 rings (SSSR count). The number of nitrogens with zero attached hydrogens (tertiary/aromatic N) is 3. The molecule has 0 saturated heterocycles. The Hall–Kier alpha value is -3.49. The van der Waals surface area contributed by atoms with Crippen molar-refractivity contribution in [3.8, 4) is 5.69 Å². The molecule has 0 aliphatic carbocycles. The highest BCUT2D eigenvalue weighted by Gasteiger charge is 2.32.